The summed E-state index contributed by atoms with van der Waals surface area (Å²) in [5.74, 6) is -8.63. The first kappa shape index (κ1) is 22.8. The maximum Gasteiger partial charge on any atom is 0.256 e. The molecule has 0 fully saturated rings. The molecule has 1 amide bonds. The Balaban J connectivity index is 2.12. The number of benzene rings is 1. The third-order valence-electron chi connectivity index (χ3n) is 6.39. The summed E-state index contributed by atoms with van der Waals surface area (Å²) in [7, 11) is 2.80. The van der Waals surface area contributed by atoms with Gasteiger partial charge in [-0.25, -0.2) is 0 Å². The maximum absolute atomic E-state index is 13.3. The van der Waals surface area contributed by atoms with Gasteiger partial charge in [0.05, 0.1) is 22.8 Å². The second-order valence-electron chi connectivity index (χ2n) is 8.61. The highest BCUT2D eigenvalue weighted by molar-refractivity contribution is 6.24. The first-order valence-corrected chi connectivity index (χ1v) is 9.83. The molecule has 0 radical (unpaired) electrons. The number of phenolic OH excluding ortho intramolecular Hbond substituents is 1. The van der Waals surface area contributed by atoms with E-state index < -0.39 is 85.9 Å². The quantitative estimate of drug-likeness (QED) is 0.197. The van der Waals surface area contributed by atoms with Gasteiger partial charge in [0.25, 0.3) is 5.91 Å². The molecule has 11 heteroatoms. The molecule has 11 nitrogen and oxygen atoms in total. The van der Waals surface area contributed by atoms with Gasteiger partial charge in [0.1, 0.15) is 28.8 Å². The Labute approximate surface area is 187 Å². The number of carbonyl (C=O) groups excluding carboxylic acids is 3. The first-order chi connectivity index (χ1) is 15.2. The van der Waals surface area contributed by atoms with Crippen LogP contribution in [0.5, 0.6) is 5.75 Å². The van der Waals surface area contributed by atoms with Crippen LogP contribution < -0.4 is 5.73 Å². The van der Waals surface area contributed by atoms with E-state index in [1.807, 2.05) is 0 Å². The number of Topliss-reactive ketones (excluding diaryl/α,β-unsaturated/α-hetero) is 2. The van der Waals surface area contributed by atoms with E-state index in [0.29, 0.717) is 0 Å². The summed E-state index contributed by atoms with van der Waals surface area (Å²) >= 11 is 0. The van der Waals surface area contributed by atoms with E-state index in [9.17, 15) is 45.0 Å². The smallest absolute Gasteiger partial charge is 0.256 e. The van der Waals surface area contributed by atoms with E-state index in [-0.39, 0.29) is 5.56 Å². The Morgan fingerprint density at radius 3 is 2.24 bits per heavy atom. The van der Waals surface area contributed by atoms with Gasteiger partial charge in [-0.05, 0) is 27.1 Å². The second-order valence-corrected chi connectivity index (χ2v) is 8.61. The van der Waals surface area contributed by atoms with E-state index in [4.69, 9.17) is 5.73 Å². The molecule has 3 aliphatic rings. The number of primary amides is 1. The van der Waals surface area contributed by atoms with Crippen LogP contribution >= 0.6 is 0 Å². The number of likely N-dealkylation sites (N-methyl/N-ethyl adjacent to an activating group) is 1. The zero-order chi connectivity index (χ0) is 24.8. The number of nitrogens with two attached hydrogens (primary N) is 1. The number of carbonyl (C=O) groups is 3. The summed E-state index contributed by atoms with van der Waals surface area (Å²) in [4.78, 5) is 39.5. The minimum atomic E-state index is -3.37. The van der Waals surface area contributed by atoms with Gasteiger partial charge in [-0.1, -0.05) is 12.1 Å². The Bertz CT molecular complexity index is 1250. The Morgan fingerprint density at radius 1 is 1.09 bits per heavy atom. The lowest BCUT2D eigenvalue weighted by Gasteiger charge is -2.48. The lowest BCUT2D eigenvalue weighted by molar-refractivity contribution is -0.125. The predicted octanol–water partition coefficient (Wildman–Crippen LogP) is -1.75. The summed E-state index contributed by atoms with van der Waals surface area (Å²) in [5.41, 5.74) is -1.19. The van der Waals surface area contributed by atoms with Gasteiger partial charge < -0.3 is 36.4 Å². The summed E-state index contributed by atoms with van der Waals surface area (Å²) in [6.07, 6.45) is -1.95. The first-order valence-electron chi connectivity index (χ1n) is 9.83. The van der Waals surface area contributed by atoms with E-state index in [0.717, 1.165) is 6.07 Å². The maximum atomic E-state index is 13.3. The van der Waals surface area contributed by atoms with Gasteiger partial charge in [-0.2, -0.15) is 0 Å². The van der Waals surface area contributed by atoms with Crippen molar-refractivity contribution in [2.24, 2.45) is 5.73 Å². The lowest BCUT2D eigenvalue weighted by atomic mass is 9.62. The van der Waals surface area contributed by atoms with E-state index in [1.165, 1.54) is 38.1 Å². The van der Waals surface area contributed by atoms with Crippen LogP contribution in [0.25, 0.3) is 0 Å². The van der Waals surface area contributed by atoms with Crippen LogP contribution in [0.4, 0.5) is 0 Å². The molecule has 1 aromatic carbocycles. The average molecular weight is 458 g/mol. The van der Waals surface area contributed by atoms with E-state index in [2.05, 4.69) is 0 Å². The molecule has 174 valence electrons. The molecule has 3 aliphatic carbocycles. The van der Waals surface area contributed by atoms with Crippen LogP contribution in [0.3, 0.4) is 0 Å². The summed E-state index contributed by atoms with van der Waals surface area (Å²) in [6.45, 7) is 1.18. The van der Waals surface area contributed by atoms with Crippen LogP contribution in [-0.2, 0) is 15.2 Å². The van der Waals surface area contributed by atoms with Crippen LogP contribution in [0.1, 0.15) is 22.8 Å². The normalized spacial score (nSPS) is 28.7. The number of rotatable bonds is 2. The monoisotopic (exact) mass is 458 g/mol. The van der Waals surface area contributed by atoms with Crippen molar-refractivity contribution in [2.45, 2.75) is 30.5 Å². The highest BCUT2D eigenvalue weighted by atomic mass is 16.5. The largest absolute Gasteiger partial charge is 0.507 e. The summed E-state index contributed by atoms with van der Waals surface area (Å²) in [5, 5.41) is 66.1. The minimum Gasteiger partial charge on any atom is -0.507 e. The Hall–Kier alpha value is -3.35. The molecule has 3 unspecified atom stereocenters. The molecule has 0 aliphatic heterocycles. The van der Waals surface area contributed by atoms with Crippen LogP contribution in [0.15, 0.2) is 51.8 Å². The number of phenols is 1. The number of aliphatic hydroxyl groups is 5. The number of aliphatic hydroxyl groups excluding tert-OH is 2. The Kier molecular flexibility index (Phi) is 4.72. The van der Waals surface area contributed by atoms with E-state index in [1.54, 1.807) is 0 Å². The summed E-state index contributed by atoms with van der Waals surface area (Å²) < 4.78 is 0. The lowest BCUT2D eigenvalue weighted by Crippen LogP contribution is -2.57. The molecule has 3 atom stereocenters. The number of hydrogen-bond acceptors (Lipinski definition) is 10. The van der Waals surface area contributed by atoms with Crippen molar-refractivity contribution in [1.29, 1.82) is 0 Å². The number of nitrogens with zero attached hydrogens (tertiary/aromatic N) is 1. The molecule has 33 heavy (non-hydrogen) atoms. The van der Waals surface area contributed by atoms with Crippen molar-refractivity contribution in [3.8, 4) is 5.75 Å². The van der Waals surface area contributed by atoms with Crippen LogP contribution in [0, 0.1) is 0 Å². The fourth-order valence-corrected chi connectivity index (χ4v) is 5.05. The topological polar surface area (TPSA) is 202 Å². The third-order valence-corrected chi connectivity index (χ3v) is 6.39. The van der Waals surface area contributed by atoms with Gasteiger partial charge in [-0.15, -0.1) is 0 Å². The van der Waals surface area contributed by atoms with Crippen molar-refractivity contribution in [2.75, 3.05) is 14.1 Å². The molecule has 1 aromatic rings. The molecule has 0 aromatic heterocycles. The van der Waals surface area contributed by atoms with E-state index >= 15 is 0 Å². The molecule has 0 saturated carbocycles. The van der Waals surface area contributed by atoms with Gasteiger partial charge in [-0.3, -0.25) is 19.3 Å². The highest BCUT2D eigenvalue weighted by Crippen LogP contribution is 2.54. The van der Waals surface area contributed by atoms with Crippen molar-refractivity contribution in [3.63, 3.8) is 0 Å². The molecule has 8 N–H and O–H groups in total. The second kappa shape index (κ2) is 6.83. The number of hydrogen-bond donors (Lipinski definition) is 7. The Morgan fingerprint density at radius 2 is 1.70 bits per heavy atom. The minimum absolute atomic E-state index is 0.105. The fraction of sp³-hybridized carbons (Fsp3) is 0.318. The number of fused-ring (bicyclic) bond motifs is 1. The molecule has 4 rings (SSSR count). The molecular formula is C22H22N2O9. The van der Waals surface area contributed by atoms with Crippen molar-refractivity contribution >= 4 is 17.5 Å². The van der Waals surface area contributed by atoms with Gasteiger partial charge in [0.2, 0.25) is 5.79 Å². The predicted molar refractivity (Wildman–Crippen MR) is 111 cm³/mol. The summed E-state index contributed by atoms with van der Waals surface area (Å²) in [6, 6.07) is 2.34. The van der Waals surface area contributed by atoms with Crippen molar-refractivity contribution < 1.29 is 45.0 Å². The highest BCUT2D eigenvalue weighted by Gasteiger charge is 2.60. The molecule has 0 spiro atoms. The van der Waals surface area contributed by atoms with Gasteiger partial charge in [0, 0.05) is 16.7 Å². The van der Waals surface area contributed by atoms with Crippen molar-refractivity contribution in [3.05, 3.63) is 63.0 Å². The average Bonchev–Trinajstić information content (AvgIpc) is 2.67. The van der Waals surface area contributed by atoms with Crippen LogP contribution in [-0.4, -0.2) is 85.0 Å². The molecule has 0 bridgehead atoms. The SMILES string of the molecule is CN(C)C1C(=O)C(C(N)=O)=C(O)C2=C1C(O)C1=C(C(=O)c3c(O)cccc3C1(C)O)C2(O)O. The van der Waals surface area contributed by atoms with Gasteiger partial charge in [0.15, 0.2) is 11.6 Å². The number of ketones is 2. The van der Waals surface area contributed by atoms with Gasteiger partial charge >= 0.3 is 0 Å². The fourth-order valence-electron chi connectivity index (χ4n) is 5.05. The van der Waals surface area contributed by atoms with Crippen molar-refractivity contribution in [1.82, 2.24) is 4.90 Å². The zero-order valence-electron chi connectivity index (χ0n) is 17.8. The molecule has 0 heterocycles. The van der Waals surface area contributed by atoms with Crippen LogP contribution in [0.2, 0.25) is 0 Å². The number of amides is 1. The molecule has 0 saturated heterocycles. The third kappa shape index (κ3) is 2.71. The zero-order valence-corrected chi connectivity index (χ0v) is 17.8. The standard InChI is InChI=1S/C22H22N2O9/c1-21(31)7-5-4-6-8(25)9(7)16(26)14-13(21)17(27)10-12(22(14,32)33)18(28)11(20(23)30)19(29)15(10)24(2)3/h4-6,15,17,25,27-28,31-33H,1-3H3,(H2,23,30). The number of aromatic hydroxyl groups is 1. The molecular weight excluding hydrogens is 436 g/mol.